The van der Waals surface area contributed by atoms with Crippen molar-refractivity contribution < 1.29 is 9.45 Å². The number of nitrogens with zero attached hydrogens (tertiary/aromatic N) is 3. The Labute approximate surface area is 130 Å². The van der Waals surface area contributed by atoms with E-state index >= 15 is 0 Å². The summed E-state index contributed by atoms with van der Waals surface area (Å²) in [7, 11) is 0. The van der Waals surface area contributed by atoms with Gasteiger partial charge in [0.1, 0.15) is 0 Å². The summed E-state index contributed by atoms with van der Waals surface area (Å²) in [5, 5.41) is 15.3. The van der Waals surface area contributed by atoms with Crippen molar-refractivity contribution >= 4 is 17.3 Å². The normalized spacial score (nSPS) is 10.6. The van der Waals surface area contributed by atoms with E-state index in [0.717, 1.165) is 5.56 Å². The Bertz CT molecular complexity index is 815. The third-order valence-electron chi connectivity index (χ3n) is 3.05. The molecule has 3 aromatic rings. The number of benzene rings is 2. The lowest BCUT2D eigenvalue weighted by Crippen LogP contribution is -1.90. The zero-order valence-electron chi connectivity index (χ0n) is 11.3. The van der Waals surface area contributed by atoms with Gasteiger partial charge >= 0.3 is 0 Å². The fraction of sp³-hybridized carbons (Fsp3) is 0.0667. The Morgan fingerprint density at radius 3 is 2.68 bits per heavy atom. The highest BCUT2D eigenvalue weighted by atomic mass is 35.5. The summed E-state index contributed by atoms with van der Waals surface area (Å²) in [6, 6.07) is 13.4. The van der Waals surface area contributed by atoms with Crippen molar-refractivity contribution in [1.29, 1.82) is 0 Å². The molecule has 6 nitrogen and oxygen atoms in total. The molecule has 0 saturated carbocycles. The van der Waals surface area contributed by atoms with Crippen LogP contribution >= 0.6 is 11.6 Å². The maximum absolute atomic E-state index is 10.8. The highest BCUT2D eigenvalue weighted by molar-refractivity contribution is 6.30. The number of hydrogen-bond donors (Lipinski definition) is 0. The molecule has 7 heteroatoms. The van der Waals surface area contributed by atoms with Crippen molar-refractivity contribution in [3.8, 4) is 11.4 Å². The van der Waals surface area contributed by atoms with Gasteiger partial charge < -0.3 is 4.52 Å². The predicted molar refractivity (Wildman–Crippen MR) is 80.6 cm³/mol. The number of nitro benzene ring substituents is 1. The lowest BCUT2D eigenvalue weighted by Gasteiger charge is -1.96. The maximum Gasteiger partial charge on any atom is 0.270 e. The van der Waals surface area contributed by atoms with Crippen LogP contribution in [-0.2, 0) is 6.42 Å². The van der Waals surface area contributed by atoms with E-state index in [4.69, 9.17) is 16.1 Å². The Balaban J connectivity index is 1.83. The maximum atomic E-state index is 10.8. The van der Waals surface area contributed by atoms with Crippen LogP contribution in [0.25, 0.3) is 11.4 Å². The summed E-state index contributed by atoms with van der Waals surface area (Å²) in [6.45, 7) is 0. The number of halogens is 1. The Hall–Kier alpha value is -2.73. The van der Waals surface area contributed by atoms with E-state index in [9.17, 15) is 10.1 Å². The summed E-state index contributed by atoms with van der Waals surface area (Å²) >= 11 is 5.83. The van der Waals surface area contributed by atoms with E-state index in [0.29, 0.717) is 28.7 Å². The number of aromatic nitrogens is 2. The molecule has 0 bridgehead atoms. The van der Waals surface area contributed by atoms with Gasteiger partial charge in [-0.05, 0) is 17.7 Å². The van der Waals surface area contributed by atoms with Crippen molar-refractivity contribution in [2.24, 2.45) is 0 Å². The molecule has 3 rings (SSSR count). The second kappa shape index (κ2) is 5.95. The molecule has 0 aliphatic rings. The van der Waals surface area contributed by atoms with Gasteiger partial charge in [0, 0.05) is 22.7 Å². The predicted octanol–water partition coefficient (Wildman–Crippen LogP) is 3.89. The minimum atomic E-state index is -0.460. The first kappa shape index (κ1) is 14.2. The van der Waals surface area contributed by atoms with Gasteiger partial charge in [-0.2, -0.15) is 4.98 Å². The molecule has 0 saturated heterocycles. The molecular formula is C15H10ClN3O3. The van der Waals surface area contributed by atoms with Crippen LogP contribution in [0.5, 0.6) is 0 Å². The first-order valence-corrected chi connectivity index (χ1v) is 6.81. The number of rotatable bonds is 4. The molecule has 0 unspecified atom stereocenters. The average molecular weight is 316 g/mol. The molecule has 0 N–H and O–H groups in total. The largest absolute Gasteiger partial charge is 0.339 e. The van der Waals surface area contributed by atoms with Gasteiger partial charge in [0.25, 0.3) is 5.69 Å². The van der Waals surface area contributed by atoms with Gasteiger partial charge in [-0.1, -0.05) is 41.0 Å². The molecule has 0 spiro atoms. The summed E-state index contributed by atoms with van der Waals surface area (Å²) < 4.78 is 5.19. The van der Waals surface area contributed by atoms with Crippen molar-refractivity contribution in [2.75, 3.05) is 0 Å². The summed E-state index contributed by atoms with van der Waals surface area (Å²) in [5.74, 6) is 0.761. The van der Waals surface area contributed by atoms with Gasteiger partial charge in [-0.25, -0.2) is 0 Å². The SMILES string of the molecule is O=[N+]([O-])c1cccc(-c2noc(Cc3ccc(Cl)cc3)n2)c1. The number of nitro groups is 1. The minimum Gasteiger partial charge on any atom is -0.339 e. The molecular weight excluding hydrogens is 306 g/mol. The molecule has 0 fully saturated rings. The molecule has 0 radical (unpaired) electrons. The number of hydrogen-bond acceptors (Lipinski definition) is 5. The van der Waals surface area contributed by atoms with Gasteiger partial charge in [-0.15, -0.1) is 0 Å². The lowest BCUT2D eigenvalue weighted by molar-refractivity contribution is -0.384. The van der Waals surface area contributed by atoms with E-state index < -0.39 is 4.92 Å². The van der Waals surface area contributed by atoms with Crippen molar-refractivity contribution in [3.05, 3.63) is 75.1 Å². The highest BCUT2D eigenvalue weighted by Crippen LogP contribution is 2.22. The van der Waals surface area contributed by atoms with Crippen molar-refractivity contribution in [1.82, 2.24) is 10.1 Å². The van der Waals surface area contributed by atoms with E-state index in [1.807, 2.05) is 12.1 Å². The third-order valence-corrected chi connectivity index (χ3v) is 3.30. The summed E-state index contributed by atoms with van der Waals surface area (Å²) in [6.07, 6.45) is 0.471. The smallest absolute Gasteiger partial charge is 0.270 e. The Morgan fingerprint density at radius 1 is 1.18 bits per heavy atom. The van der Waals surface area contributed by atoms with Crippen LogP contribution in [-0.4, -0.2) is 15.1 Å². The van der Waals surface area contributed by atoms with Crippen LogP contribution in [0.1, 0.15) is 11.5 Å². The van der Waals surface area contributed by atoms with Crippen LogP contribution in [0.2, 0.25) is 5.02 Å². The van der Waals surface area contributed by atoms with Crippen LogP contribution in [0, 0.1) is 10.1 Å². The Kier molecular flexibility index (Phi) is 3.84. The lowest BCUT2D eigenvalue weighted by atomic mass is 10.1. The molecule has 1 aromatic heterocycles. The molecule has 0 amide bonds. The second-order valence-corrected chi connectivity index (χ2v) is 5.06. The van der Waals surface area contributed by atoms with Crippen LogP contribution in [0.15, 0.2) is 53.1 Å². The minimum absolute atomic E-state index is 0.0125. The molecule has 22 heavy (non-hydrogen) atoms. The monoisotopic (exact) mass is 315 g/mol. The Morgan fingerprint density at radius 2 is 1.95 bits per heavy atom. The quantitative estimate of drug-likeness (QED) is 0.539. The van der Waals surface area contributed by atoms with Gasteiger partial charge in [0.15, 0.2) is 0 Å². The van der Waals surface area contributed by atoms with E-state index in [2.05, 4.69) is 10.1 Å². The molecule has 0 atom stereocenters. The standard InChI is InChI=1S/C15H10ClN3O3/c16-12-6-4-10(5-7-12)8-14-17-15(18-22-14)11-2-1-3-13(9-11)19(20)21/h1-7,9H,8H2. The highest BCUT2D eigenvalue weighted by Gasteiger charge is 2.12. The molecule has 0 aliphatic carbocycles. The van der Waals surface area contributed by atoms with Crippen LogP contribution in [0.4, 0.5) is 5.69 Å². The molecule has 2 aromatic carbocycles. The summed E-state index contributed by atoms with van der Waals surface area (Å²) in [4.78, 5) is 14.6. The van der Waals surface area contributed by atoms with E-state index in [1.54, 1.807) is 24.3 Å². The first-order chi connectivity index (χ1) is 10.6. The van der Waals surface area contributed by atoms with Crippen molar-refractivity contribution in [2.45, 2.75) is 6.42 Å². The molecule has 110 valence electrons. The zero-order chi connectivity index (χ0) is 15.5. The topological polar surface area (TPSA) is 82.1 Å². The average Bonchev–Trinajstić information content (AvgIpc) is 2.98. The van der Waals surface area contributed by atoms with Gasteiger partial charge in [0.2, 0.25) is 11.7 Å². The van der Waals surface area contributed by atoms with Crippen molar-refractivity contribution in [3.63, 3.8) is 0 Å². The zero-order valence-corrected chi connectivity index (χ0v) is 12.0. The number of non-ortho nitro benzene ring substituents is 1. The van der Waals surface area contributed by atoms with Gasteiger partial charge in [-0.3, -0.25) is 10.1 Å². The van der Waals surface area contributed by atoms with Crippen LogP contribution < -0.4 is 0 Å². The third kappa shape index (κ3) is 3.12. The second-order valence-electron chi connectivity index (χ2n) is 4.62. The first-order valence-electron chi connectivity index (χ1n) is 6.44. The molecule has 0 aliphatic heterocycles. The fourth-order valence-corrected chi connectivity index (χ4v) is 2.11. The van der Waals surface area contributed by atoms with Gasteiger partial charge in [0.05, 0.1) is 11.3 Å². The molecule has 1 heterocycles. The van der Waals surface area contributed by atoms with E-state index in [-0.39, 0.29) is 5.69 Å². The summed E-state index contributed by atoms with van der Waals surface area (Å²) in [5.41, 5.74) is 1.51. The fourth-order valence-electron chi connectivity index (χ4n) is 1.98. The van der Waals surface area contributed by atoms with Crippen LogP contribution in [0.3, 0.4) is 0 Å². The van der Waals surface area contributed by atoms with E-state index in [1.165, 1.54) is 12.1 Å².